The van der Waals surface area contributed by atoms with Gasteiger partial charge in [0.25, 0.3) is 5.92 Å². The smallest absolute Gasteiger partial charge is 0.320 e. The molecule has 2 aromatic carbocycles. The molecule has 0 radical (unpaired) electrons. The van der Waals surface area contributed by atoms with E-state index in [0.29, 0.717) is 22.0 Å². The molecule has 1 fully saturated rings. The largest absolute Gasteiger partial charge is 0.416 e. The van der Waals surface area contributed by atoms with Crippen LogP contribution in [0.2, 0.25) is 0 Å². The van der Waals surface area contributed by atoms with E-state index in [1.807, 2.05) is 0 Å². The Labute approximate surface area is 196 Å². The van der Waals surface area contributed by atoms with Crippen LogP contribution in [0.15, 0.2) is 54.7 Å². The maximum Gasteiger partial charge on any atom is 0.416 e. The lowest BCUT2D eigenvalue weighted by atomic mass is 9.97. The highest BCUT2D eigenvalue weighted by Crippen LogP contribution is 2.33. The van der Waals surface area contributed by atoms with Crippen LogP contribution < -0.4 is 0 Å². The number of fused-ring (bicyclic) bond motifs is 1. The SMILES string of the molecule is N#C[C@@H]1CC(F)(F)CN1C(=O)CCC(=O)c1ccnc2ccc(-c3ccc(C(F)(F)F)cc3)cc12. The number of alkyl halides is 5. The number of halogens is 5. The summed E-state index contributed by atoms with van der Waals surface area (Å²) in [5, 5.41) is 9.51. The summed E-state index contributed by atoms with van der Waals surface area (Å²) in [5.74, 6) is -4.27. The zero-order valence-electron chi connectivity index (χ0n) is 18.1. The van der Waals surface area contributed by atoms with E-state index in [9.17, 15) is 31.5 Å². The zero-order chi connectivity index (χ0) is 25.4. The van der Waals surface area contributed by atoms with Crippen molar-refractivity contribution in [3.8, 4) is 17.2 Å². The average Bonchev–Trinajstić information content (AvgIpc) is 3.15. The Morgan fingerprint density at radius 1 is 1.06 bits per heavy atom. The summed E-state index contributed by atoms with van der Waals surface area (Å²) in [7, 11) is 0. The van der Waals surface area contributed by atoms with Crippen LogP contribution >= 0.6 is 0 Å². The number of benzene rings is 2. The molecule has 4 rings (SSSR count). The predicted octanol–water partition coefficient (Wildman–Crippen LogP) is 5.64. The summed E-state index contributed by atoms with van der Waals surface area (Å²) >= 11 is 0. The van der Waals surface area contributed by atoms with Gasteiger partial charge in [0.05, 0.1) is 23.7 Å². The number of pyridine rings is 1. The van der Waals surface area contributed by atoms with Crippen LogP contribution in [-0.4, -0.2) is 40.1 Å². The molecule has 1 saturated heterocycles. The minimum absolute atomic E-state index is 0.250. The first-order valence-corrected chi connectivity index (χ1v) is 10.6. The number of hydrogen-bond donors (Lipinski definition) is 0. The quantitative estimate of drug-likeness (QED) is 0.345. The highest BCUT2D eigenvalue weighted by Gasteiger charge is 2.47. The molecular formula is C25H18F5N3O2. The Kier molecular flexibility index (Phi) is 6.28. The maximum atomic E-state index is 13.6. The molecule has 3 aromatic rings. The number of carbonyl (C=O) groups excluding carboxylic acids is 2. The lowest BCUT2D eigenvalue weighted by Gasteiger charge is -2.18. The van der Waals surface area contributed by atoms with Gasteiger partial charge in [-0.3, -0.25) is 14.6 Å². The van der Waals surface area contributed by atoms with E-state index < -0.39 is 48.4 Å². The molecule has 10 heteroatoms. The fourth-order valence-corrected chi connectivity index (χ4v) is 4.11. The van der Waals surface area contributed by atoms with Crippen LogP contribution in [0.25, 0.3) is 22.0 Å². The molecule has 0 N–H and O–H groups in total. The van der Waals surface area contributed by atoms with Crippen molar-refractivity contribution in [2.75, 3.05) is 6.54 Å². The van der Waals surface area contributed by atoms with Crippen molar-refractivity contribution in [1.82, 2.24) is 9.88 Å². The minimum Gasteiger partial charge on any atom is -0.320 e. The van der Waals surface area contributed by atoms with Gasteiger partial charge in [-0.1, -0.05) is 18.2 Å². The average molecular weight is 487 g/mol. The zero-order valence-corrected chi connectivity index (χ0v) is 18.1. The second-order valence-corrected chi connectivity index (χ2v) is 8.32. The van der Waals surface area contributed by atoms with Crippen LogP contribution in [0.3, 0.4) is 0 Å². The van der Waals surface area contributed by atoms with Crippen molar-refractivity contribution in [3.63, 3.8) is 0 Å². The van der Waals surface area contributed by atoms with Gasteiger partial charge in [0.1, 0.15) is 6.04 Å². The van der Waals surface area contributed by atoms with Crippen molar-refractivity contribution >= 4 is 22.6 Å². The van der Waals surface area contributed by atoms with Crippen molar-refractivity contribution < 1.29 is 31.5 Å². The Bertz CT molecular complexity index is 1330. The van der Waals surface area contributed by atoms with Gasteiger partial charge >= 0.3 is 6.18 Å². The first-order valence-electron chi connectivity index (χ1n) is 10.6. The molecule has 2 heterocycles. The van der Waals surface area contributed by atoms with Crippen molar-refractivity contribution in [3.05, 3.63) is 65.9 Å². The monoisotopic (exact) mass is 487 g/mol. The van der Waals surface area contributed by atoms with Crippen LogP contribution in [0.1, 0.15) is 35.2 Å². The number of amides is 1. The standard InChI is InChI=1S/C25H18F5N3O2/c26-24(27)12-18(13-31)33(14-24)23(35)8-7-22(34)19-9-10-32-21-6-3-16(11-20(19)21)15-1-4-17(5-2-15)25(28,29)30/h1-6,9-11,18H,7-8,12,14H2/t18-/m0/s1. The Morgan fingerprint density at radius 2 is 1.74 bits per heavy atom. The number of likely N-dealkylation sites (tertiary alicyclic amines) is 1. The second-order valence-electron chi connectivity index (χ2n) is 8.32. The highest BCUT2D eigenvalue weighted by molar-refractivity contribution is 6.08. The molecule has 0 saturated carbocycles. The van der Waals surface area contributed by atoms with Crippen LogP contribution in [-0.2, 0) is 11.0 Å². The lowest BCUT2D eigenvalue weighted by Crippen LogP contribution is -2.36. The molecule has 5 nitrogen and oxygen atoms in total. The van der Waals surface area contributed by atoms with Crippen LogP contribution in [0.4, 0.5) is 22.0 Å². The predicted molar refractivity (Wildman–Crippen MR) is 116 cm³/mol. The topological polar surface area (TPSA) is 74.1 Å². The first-order chi connectivity index (χ1) is 16.5. The van der Waals surface area contributed by atoms with E-state index in [-0.39, 0.29) is 18.4 Å². The van der Waals surface area contributed by atoms with Gasteiger partial charge in [0.2, 0.25) is 5.91 Å². The van der Waals surface area contributed by atoms with Crippen molar-refractivity contribution in [1.29, 1.82) is 5.26 Å². The molecule has 0 aliphatic carbocycles. The van der Waals surface area contributed by atoms with Gasteiger partial charge in [-0.05, 0) is 41.5 Å². The van der Waals surface area contributed by atoms with Crippen LogP contribution in [0.5, 0.6) is 0 Å². The van der Waals surface area contributed by atoms with Gasteiger partial charge in [-0.2, -0.15) is 18.4 Å². The molecule has 1 aliphatic rings. The molecule has 0 spiro atoms. The Morgan fingerprint density at radius 3 is 2.40 bits per heavy atom. The molecular weight excluding hydrogens is 469 g/mol. The normalized spacial score (nSPS) is 17.4. The number of nitriles is 1. The third-order valence-corrected chi connectivity index (χ3v) is 5.89. The fraction of sp³-hybridized carbons (Fsp3) is 0.280. The number of nitrogens with zero attached hydrogens (tertiary/aromatic N) is 3. The van der Waals surface area contributed by atoms with Gasteiger partial charge in [-0.25, -0.2) is 8.78 Å². The maximum absolute atomic E-state index is 13.6. The summed E-state index contributed by atoms with van der Waals surface area (Å²) in [5.41, 5.74) is 1.02. The van der Waals surface area contributed by atoms with Gasteiger partial charge in [-0.15, -0.1) is 0 Å². The summed E-state index contributed by atoms with van der Waals surface area (Å²) in [6.45, 7) is -0.854. The number of aromatic nitrogens is 1. The summed E-state index contributed by atoms with van der Waals surface area (Å²) in [6, 6.07) is 11.5. The number of hydrogen-bond acceptors (Lipinski definition) is 4. The fourth-order valence-electron chi connectivity index (χ4n) is 4.11. The second kappa shape index (κ2) is 9.06. The molecule has 35 heavy (non-hydrogen) atoms. The van der Waals surface area contributed by atoms with E-state index in [4.69, 9.17) is 5.26 Å². The minimum atomic E-state index is -4.46. The van der Waals surface area contributed by atoms with Gasteiger partial charge < -0.3 is 4.90 Å². The van der Waals surface area contributed by atoms with Crippen molar-refractivity contribution in [2.24, 2.45) is 0 Å². The lowest BCUT2D eigenvalue weighted by molar-refractivity contribution is -0.137. The first kappa shape index (κ1) is 24.3. The number of ketones is 1. The number of carbonyl (C=O) groups is 2. The molecule has 1 amide bonds. The third kappa shape index (κ3) is 5.14. The van der Waals surface area contributed by atoms with Crippen molar-refractivity contribution in [2.45, 2.75) is 37.4 Å². The van der Waals surface area contributed by atoms with Crippen LogP contribution in [0, 0.1) is 11.3 Å². The number of Topliss-reactive ketones (excluding diaryl/α,β-unsaturated/α-hetero) is 1. The van der Waals surface area contributed by atoms with Gasteiger partial charge in [0, 0.05) is 36.4 Å². The van der Waals surface area contributed by atoms with E-state index in [0.717, 1.165) is 17.0 Å². The summed E-state index contributed by atoms with van der Waals surface area (Å²) in [6.07, 6.45) is -4.37. The van der Waals surface area contributed by atoms with E-state index >= 15 is 0 Å². The Balaban J connectivity index is 1.55. The highest BCUT2D eigenvalue weighted by atomic mass is 19.4. The molecule has 180 valence electrons. The molecule has 0 unspecified atom stereocenters. The summed E-state index contributed by atoms with van der Waals surface area (Å²) < 4.78 is 65.8. The Hall–Kier alpha value is -3.87. The van der Waals surface area contributed by atoms with Gasteiger partial charge in [0.15, 0.2) is 5.78 Å². The molecule has 1 aromatic heterocycles. The van der Waals surface area contributed by atoms with E-state index in [1.54, 1.807) is 24.3 Å². The molecule has 1 aliphatic heterocycles. The summed E-state index contributed by atoms with van der Waals surface area (Å²) in [4.78, 5) is 30.4. The molecule has 1 atom stereocenters. The number of rotatable bonds is 5. The van der Waals surface area contributed by atoms with E-state index in [2.05, 4.69) is 4.98 Å². The molecule has 0 bridgehead atoms. The third-order valence-electron chi connectivity index (χ3n) is 5.89. The van der Waals surface area contributed by atoms with E-state index in [1.165, 1.54) is 24.4 Å².